The molecule has 0 unspecified atom stereocenters. The fourth-order valence-corrected chi connectivity index (χ4v) is 1.83. The topological polar surface area (TPSA) is 83.8 Å². The summed E-state index contributed by atoms with van der Waals surface area (Å²) in [6, 6.07) is 0. The lowest BCUT2D eigenvalue weighted by molar-refractivity contribution is 0.0930. The van der Waals surface area contributed by atoms with Crippen LogP contribution in [-0.2, 0) is 0 Å². The second-order valence-corrected chi connectivity index (χ2v) is 5.50. The van der Waals surface area contributed by atoms with Crippen LogP contribution in [0.1, 0.15) is 56.9 Å². The largest absolute Gasteiger partial charge is 0.396 e. The smallest absolute Gasteiger partial charge is 0.271 e. The van der Waals surface area contributed by atoms with Crippen LogP contribution in [-0.4, -0.2) is 22.6 Å². The predicted molar refractivity (Wildman–Crippen MR) is 73.3 cm³/mol. The van der Waals surface area contributed by atoms with Crippen molar-refractivity contribution in [3.8, 4) is 0 Å². The van der Waals surface area contributed by atoms with Crippen LogP contribution in [0.5, 0.6) is 0 Å². The number of carbonyl (C=O) groups excluding carboxylic acids is 1. The highest BCUT2D eigenvalue weighted by atomic mass is 16.1. The third kappa shape index (κ3) is 4.39. The molecule has 18 heavy (non-hydrogen) atoms. The summed E-state index contributed by atoms with van der Waals surface area (Å²) in [6.07, 6.45) is 6.21. The highest BCUT2D eigenvalue weighted by Gasteiger charge is 2.20. The van der Waals surface area contributed by atoms with Crippen LogP contribution < -0.4 is 11.1 Å². The van der Waals surface area contributed by atoms with Crippen molar-refractivity contribution in [3.63, 3.8) is 0 Å². The van der Waals surface area contributed by atoms with Gasteiger partial charge < -0.3 is 11.1 Å². The van der Waals surface area contributed by atoms with Crippen LogP contribution in [0, 0.1) is 5.41 Å². The van der Waals surface area contributed by atoms with Crippen molar-refractivity contribution >= 4 is 11.6 Å². The van der Waals surface area contributed by atoms with Crippen molar-refractivity contribution in [2.24, 2.45) is 5.41 Å². The zero-order valence-corrected chi connectivity index (χ0v) is 11.5. The summed E-state index contributed by atoms with van der Waals surface area (Å²) in [7, 11) is 0. The van der Waals surface area contributed by atoms with E-state index in [0.717, 1.165) is 6.42 Å². The number of rotatable bonds is 7. The van der Waals surface area contributed by atoms with Gasteiger partial charge >= 0.3 is 0 Å². The summed E-state index contributed by atoms with van der Waals surface area (Å²) in [5.74, 6) is -0.187. The van der Waals surface area contributed by atoms with Crippen molar-refractivity contribution in [3.05, 3.63) is 11.9 Å². The maximum atomic E-state index is 11.8. The Morgan fingerprint density at radius 3 is 2.78 bits per heavy atom. The Morgan fingerprint density at radius 1 is 1.50 bits per heavy atom. The molecule has 5 heteroatoms. The van der Waals surface area contributed by atoms with Gasteiger partial charge in [0.2, 0.25) is 0 Å². The molecule has 1 heterocycles. The minimum absolute atomic E-state index is 0.111. The molecule has 1 amide bonds. The van der Waals surface area contributed by atoms with E-state index in [1.54, 1.807) is 0 Å². The van der Waals surface area contributed by atoms with Crippen molar-refractivity contribution in [2.75, 3.05) is 12.3 Å². The summed E-state index contributed by atoms with van der Waals surface area (Å²) in [5, 5.41) is 9.25. The Bertz CT molecular complexity index is 384. The van der Waals surface area contributed by atoms with Crippen LogP contribution >= 0.6 is 0 Å². The third-order valence-corrected chi connectivity index (χ3v) is 3.08. The van der Waals surface area contributed by atoms with Crippen LogP contribution in [0.2, 0.25) is 0 Å². The summed E-state index contributed by atoms with van der Waals surface area (Å²) in [6.45, 7) is 7.17. The van der Waals surface area contributed by atoms with Crippen molar-refractivity contribution < 1.29 is 4.79 Å². The van der Waals surface area contributed by atoms with E-state index in [9.17, 15) is 4.79 Å². The van der Waals surface area contributed by atoms with E-state index in [1.165, 1.54) is 25.5 Å². The van der Waals surface area contributed by atoms with Gasteiger partial charge in [-0.1, -0.05) is 40.0 Å². The maximum absolute atomic E-state index is 11.8. The fourth-order valence-electron chi connectivity index (χ4n) is 1.83. The first-order valence-electron chi connectivity index (χ1n) is 6.53. The molecule has 5 nitrogen and oxygen atoms in total. The van der Waals surface area contributed by atoms with Gasteiger partial charge in [-0.05, 0) is 11.8 Å². The molecular formula is C13H24N4O. The van der Waals surface area contributed by atoms with Crippen LogP contribution in [0.3, 0.4) is 0 Å². The van der Waals surface area contributed by atoms with E-state index in [1.807, 2.05) is 0 Å². The van der Waals surface area contributed by atoms with Crippen molar-refractivity contribution in [1.82, 2.24) is 15.5 Å². The molecule has 0 aliphatic carbocycles. The molecular weight excluding hydrogens is 228 g/mol. The third-order valence-electron chi connectivity index (χ3n) is 3.08. The number of hydrogen-bond acceptors (Lipinski definition) is 3. The van der Waals surface area contributed by atoms with E-state index in [2.05, 4.69) is 36.3 Å². The van der Waals surface area contributed by atoms with Gasteiger partial charge in [0.25, 0.3) is 5.91 Å². The monoisotopic (exact) mass is 252 g/mol. The highest BCUT2D eigenvalue weighted by molar-refractivity contribution is 5.96. The predicted octanol–water partition coefficient (Wildman–Crippen LogP) is 2.33. The Hall–Kier alpha value is -1.52. The summed E-state index contributed by atoms with van der Waals surface area (Å²) >= 11 is 0. The number of H-pyrrole nitrogens is 1. The van der Waals surface area contributed by atoms with Gasteiger partial charge in [-0.2, -0.15) is 5.10 Å². The van der Waals surface area contributed by atoms with E-state index in [-0.39, 0.29) is 11.3 Å². The van der Waals surface area contributed by atoms with Gasteiger partial charge in [0, 0.05) is 6.54 Å². The number of anilines is 1. The average Bonchev–Trinajstić information content (AvgIpc) is 2.73. The van der Waals surface area contributed by atoms with Gasteiger partial charge in [-0.3, -0.25) is 9.89 Å². The summed E-state index contributed by atoms with van der Waals surface area (Å²) < 4.78 is 0. The van der Waals surface area contributed by atoms with Gasteiger partial charge in [-0.15, -0.1) is 0 Å². The normalized spacial score (nSPS) is 11.5. The SMILES string of the molecule is CCCCCC(C)(C)CNC(=O)c1[nH]ncc1N. The molecule has 1 rings (SSSR count). The molecule has 0 bridgehead atoms. The first kappa shape index (κ1) is 14.5. The molecule has 0 atom stereocenters. The molecule has 0 spiro atoms. The molecule has 0 aliphatic heterocycles. The molecule has 0 fully saturated rings. The standard InChI is InChI=1S/C13H24N4O/c1-4-5-6-7-13(2,3)9-15-12(18)11-10(14)8-16-17-11/h8H,4-7,9,14H2,1-3H3,(H,15,18)(H,16,17). The van der Waals surface area contributed by atoms with E-state index in [4.69, 9.17) is 5.73 Å². The van der Waals surface area contributed by atoms with Crippen LogP contribution in [0.4, 0.5) is 5.69 Å². The minimum Gasteiger partial charge on any atom is -0.396 e. The number of nitrogens with zero attached hydrogens (tertiary/aromatic N) is 1. The number of aromatic amines is 1. The van der Waals surface area contributed by atoms with Crippen LogP contribution in [0.25, 0.3) is 0 Å². The summed E-state index contributed by atoms with van der Waals surface area (Å²) in [5.41, 5.74) is 6.47. The molecule has 0 aromatic carbocycles. The minimum atomic E-state index is -0.187. The second kappa shape index (κ2) is 6.42. The molecule has 0 radical (unpaired) electrons. The number of nitrogens with one attached hydrogen (secondary N) is 2. The number of amides is 1. The zero-order valence-electron chi connectivity index (χ0n) is 11.5. The average molecular weight is 252 g/mol. The quantitative estimate of drug-likeness (QED) is 0.651. The Morgan fingerprint density at radius 2 is 2.22 bits per heavy atom. The highest BCUT2D eigenvalue weighted by Crippen LogP contribution is 2.22. The Labute approximate surface area is 109 Å². The molecule has 4 N–H and O–H groups in total. The van der Waals surface area contributed by atoms with Gasteiger partial charge in [0.15, 0.2) is 0 Å². The van der Waals surface area contributed by atoms with Gasteiger partial charge in [-0.25, -0.2) is 0 Å². The molecule has 0 saturated carbocycles. The van der Waals surface area contributed by atoms with E-state index in [0.29, 0.717) is 17.9 Å². The van der Waals surface area contributed by atoms with Crippen molar-refractivity contribution in [1.29, 1.82) is 0 Å². The lowest BCUT2D eigenvalue weighted by Gasteiger charge is -2.24. The number of carbonyl (C=O) groups is 1. The van der Waals surface area contributed by atoms with Gasteiger partial charge in [0.05, 0.1) is 11.9 Å². The number of nitrogen functional groups attached to an aromatic ring is 1. The summed E-state index contributed by atoms with van der Waals surface area (Å²) in [4.78, 5) is 11.8. The number of aromatic nitrogens is 2. The van der Waals surface area contributed by atoms with Gasteiger partial charge in [0.1, 0.15) is 5.69 Å². The fraction of sp³-hybridized carbons (Fsp3) is 0.692. The van der Waals surface area contributed by atoms with Crippen molar-refractivity contribution in [2.45, 2.75) is 46.5 Å². The first-order valence-corrected chi connectivity index (χ1v) is 6.53. The lowest BCUT2D eigenvalue weighted by Crippen LogP contribution is -2.34. The molecule has 0 aliphatic rings. The first-order chi connectivity index (χ1) is 8.46. The molecule has 1 aromatic heterocycles. The maximum Gasteiger partial charge on any atom is 0.271 e. The molecule has 0 saturated heterocycles. The van der Waals surface area contributed by atoms with Crippen LogP contribution in [0.15, 0.2) is 6.20 Å². The number of nitrogens with two attached hydrogens (primary N) is 1. The lowest BCUT2D eigenvalue weighted by atomic mass is 9.87. The zero-order chi connectivity index (χ0) is 13.6. The molecule has 102 valence electrons. The number of unbranched alkanes of at least 4 members (excludes halogenated alkanes) is 2. The van der Waals surface area contributed by atoms with E-state index < -0.39 is 0 Å². The second-order valence-electron chi connectivity index (χ2n) is 5.50. The Balaban J connectivity index is 2.40. The van der Waals surface area contributed by atoms with E-state index >= 15 is 0 Å². The Kier molecular flexibility index (Phi) is 5.19. The number of hydrogen-bond donors (Lipinski definition) is 3. The molecule has 1 aromatic rings.